The number of benzene rings is 1. The van der Waals surface area contributed by atoms with Gasteiger partial charge in [-0.15, -0.1) is 4.40 Å². The van der Waals surface area contributed by atoms with Crippen LogP contribution in [0.3, 0.4) is 0 Å². The zero-order valence-electron chi connectivity index (χ0n) is 12.9. The maximum absolute atomic E-state index is 12.1. The van der Waals surface area contributed by atoms with Gasteiger partial charge in [-0.05, 0) is 31.0 Å². The second kappa shape index (κ2) is 6.91. The SMILES string of the molecule is CCCCNC(=O)c1ccc2c(c1)S(=O)(=O)N=CN2CCC. The number of anilines is 1. The Balaban J connectivity index is 2.31. The molecule has 0 saturated heterocycles. The van der Waals surface area contributed by atoms with E-state index in [4.69, 9.17) is 0 Å². The van der Waals surface area contributed by atoms with Crippen LogP contribution < -0.4 is 10.2 Å². The fourth-order valence-electron chi connectivity index (χ4n) is 2.24. The van der Waals surface area contributed by atoms with E-state index in [0.717, 1.165) is 19.3 Å². The van der Waals surface area contributed by atoms with Crippen molar-refractivity contribution >= 4 is 28.0 Å². The number of carbonyl (C=O) groups is 1. The number of hydrogen-bond donors (Lipinski definition) is 1. The first-order valence-electron chi connectivity index (χ1n) is 7.49. The molecule has 0 bridgehead atoms. The van der Waals surface area contributed by atoms with Crippen LogP contribution in [0.2, 0.25) is 0 Å². The van der Waals surface area contributed by atoms with E-state index in [-0.39, 0.29) is 10.8 Å². The van der Waals surface area contributed by atoms with Gasteiger partial charge in [-0.2, -0.15) is 8.42 Å². The van der Waals surface area contributed by atoms with E-state index in [1.807, 2.05) is 13.8 Å². The molecule has 1 aliphatic heterocycles. The molecule has 1 N–H and O–H groups in total. The van der Waals surface area contributed by atoms with Crippen molar-refractivity contribution in [3.05, 3.63) is 23.8 Å². The number of carbonyl (C=O) groups excluding carboxylic acids is 1. The molecule has 22 heavy (non-hydrogen) atoms. The molecule has 0 spiro atoms. The molecule has 1 heterocycles. The van der Waals surface area contributed by atoms with Gasteiger partial charge in [-0.1, -0.05) is 20.3 Å². The normalized spacial score (nSPS) is 15.5. The van der Waals surface area contributed by atoms with Crippen LogP contribution >= 0.6 is 0 Å². The molecule has 1 aromatic carbocycles. The summed E-state index contributed by atoms with van der Waals surface area (Å²) in [5.74, 6) is -0.261. The Morgan fingerprint density at radius 2 is 2.05 bits per heavy atom. The number of rotatable bonds is 6. The zero-order valence-corrected chi connectivity index (χ0v) is 13.7. The van der Waals surface area contributed by atoms with Crippen molar-refractivity contribution in [1.29, 1.82) is 0 Å². The summed E-state index contributed by atoms with van der Waals surface area (Å²) >= 11 is 0. The lowest BCUT2D eigenvalue weighted by Crippen LogP contribution is -2.29. The lowest BCUT2D eigenvalue weighted by atomic mass is 10.1. The van der Waals surface area contributed by atoms with Crippen molar-refractivity contribution in [3.63, 3.8) is 0 Å². The number of nitrogens with zero attached hydrogens (tertiary/aromatic N) is 2. The van der Waals surface area contributed by atoms with Crippen LogP contribution in [0.5, 0.6) is 0 Å². The Hall–Kier alpha value is -1.89. The molecule has 2 rings (SSSR count). The topological polar surface area (TPSA) is 78.8 Å². The third-order valence-electron chi connectivity index (χ3n) is 3.42. The van der Waals surface area contributed by atoms with Gasteiger partial charge in [-0.25, -0.2) is 0 Å². The Kier molecular flexibility index (Phi) is 5.18. The number of hydrogen-bond acceptors (Lipinski definition) is 4. The van der Waals surface area contributed by atoms with Gasteiger partial charge in [0.15, 0.2) is 0 Å². The quantitative estimate of drug-likeness (QED) is 0.814. The third-order valence-corrected chi connectivity index (χ3v) is 4.67. The van der Waals surface area contributed by atoms with Crippen LogP contribution in [0.4, 0.5) is 5.69 Å². The fraction of sp³-hybridized carbons (Fsp3) is 0.467. The van der Waals surface area contributed by atoms with Crippen molar-refractivity contribution in [3.8, 4) is 0 Å². The van der Waals surface area contributed by atoms with E-state index in [2.05, 4.69) is 9.71 Å². The number of sulfonamides is 1. The van der Waals surface area contributed by atoms with Gasteiger partial charge >= 0.3 is 0 Å². The van der Waals surface area contributed by atoms with Gasteiger partial charge in [0.2, 0.25) is 0 Å². The highest BCUT2D eigenvalue weighted by molar-refractivity contribution is 7.90. The summed E-state index contributed by atoms with van der Waals surface area (Å²) in [6.07, 6.45) is 4.08. The standard InChI is InChI=1S/C15H21N3O3S/c1-3-5-8-16-15(19)12-6-7-13-14(10-12)22(20,21)17-11-18(13)9-4-2/h6-7,10-11H,3-5,8-9H2,1-2H3,(H,16,19). The van der Waals surface area contributed by atoms with Gasteiger partial charge in [0.05, 0.1) is 5.69 Å². The Morgan fingerprint density at radius 1 is 1.27 bits per heavy atom. The van der Waals surface area contributed by atoms with Gasteiger partial charge in [-0.3, -0.25) is 4.79 Å². The molecule has 0 unspecified atom stereocenters. The first kappa shape index (κ1) is 16.5. The molecule has 6 nitrogen and oxygen atoms in total. The molecule has 0 atom stereocenters. The van der Waals surface area contributed by atoms with E-state index < -0.39 is 10.0 Å². The largest absolute Gasteiger partial charge is 0.352 e. The minimum Gasteiger partial charge on any atom is -0.352 e. The Bertz CT molecular complexity index is 683. The summed E-state index contributed by atoms with van der Waals surface area (Å²) in [5.41, 5.74) is 0.911. The maximum Gasteiger partial charge on any atom is 0.285 e. The van der Waals surface area contributed by atoms with Crippen LogP contribution in [0, 0.1) is 0 Å². The molecular weight excluding hydrogens is 302 g/mol. The van der Waals surface area contributed by atoms with E-state index in [0.29, 0.717) is 24.3 Å². The molecule has 7 heteroatoms. The minimum atomic E-state index is -3.73. The lowest BCUT2D eigenvalue weighted by Gasteiger charge is -2.24. The predicted molar refractivity (Wildman–Crippen MR) is 87.0 cm³/mol. The van der Waals surface area contributed by atoms with Gasteiger partial charge < -0.3 is 10.2 Å². The predicted octanol–water partition coefficient (Wildman–Crippen LogP) is 2.16. The van der Waals surface area contributed by atoms with E-state index in [1.54, 1.807) is 17.0 Å². The summed E-state index contributed by atoms with van der Waals surface area (Å²) in [4.78, 5) is 13.9. The molecule has 0 radical (unpaired) electrons. The smallest absolute Gasteiger partial charge is 0.285 e. The molecule has 0 fully saturated rings. The van der Waals surface area contributed by atoms with Gasteiger partial charge in [0.25, 0.3) is 15.9 Å². The summed E-state index contributed by atoms with van der Waals surface area (Å²) in [6, 6.07) is 4.73. The van der Waals surface area contributed by atoms with Crippen molar-refractivity contribution < 1.29 is 13.2 Å². The van der Waals surface area contributed by atoms with E-state index >= 15 is 0 Å². The summed E-state index contributed by atoms with van der Waals surface area (Å²) < 4.78 is 27.8. The lowest BCUT2D eigenvalue weighted by molar-refractivity contribution is 0.0953. The minimum absolute atomic E-state index is 0.0894. The van der Waals surface area contributed by atoms with Crippen molar-refractivity contribution in [2.45, 2.75) is 38.0 Å². The Labute approximate surface area is 131 Å². The molecule has 0 aliphatic carbocycles. The summed E-state index contributed by atoms with van der Waals surface area (Å²) in [6.45, 7) is 5.30. The fourth-order valence-corrected chi connectivity index (χ4v) is 3.31. The number of amides is 1. The van der Waals surface area contributed by atoms with E-state index in [1.165, 1.54) is 12.4 Å². The molecule has 1 aliphatic rings. The van der Waals surface area contributed by atoms with Crippen LogP contribution in [-0.2, 0) is 10.0 Å². The molecule has 1 aromatic rings. The van der Waals surface area contributed by atoms with E-state index in [9.17, 15) is 13.2 Å². The van der Waals surface area contributed by atoms with Crippen LogP contribution in [0.15, 0.2) is 27.5 Å². The second-order valence-corrected chi connectivity index (χ2v) is 6.78. The van der Waals surface area contributed by atoms with Gasteiger partial charge in [0, 0.05) is 18.7 Å². The second-order valence-electron chi connectivity index (χ2n) is 5.18. The highest BCUT2D eigenvalue weighted by Gasteiger charge is 2.26. The molecule has 0 aromatic heterocycles. The molecule has 0 saturated carbocycles. The number of unbranched alkanes of at least 4 members (excludes halogenated alkanes) is 1. The van der Waals surface area contributed by atoms with Crippen molar-refractivity contribution in [2.75, 3.05) is 18.0 Å². The molecular formula is C15H21N3O3S. The molecule has 120 valence electrons. The third kappa shape index (κ3) is 3.47. The average molecular weight is 323 g/mol. The first-order chi connectivity index (χ1) is 10.5. The summed E-state index contributed by atoms with van der Waals surface area (Å²) in [5, 5.41) is 2.78. The van der Waals surface area contributed by atoms with Gasteiger partial charge in [0.1, 0.15) is 11.2 Å². The number of fused-ring (bicyclic) bond motifs is 1. The summed E-state index contributed by atoms with van der Waals surface area (Å²) in [7, 11) is -3.73. The highest BCUT2D eigenvalue weighted by atomic mass is 32.2. The highest BCUT2D eigenvalue weighted by Crippen LogP contribution is 2.30. The van der Waals surface area contributed by atoms with Crippen LogP contribution in [-0.4, -0.2) is 33.8 Å². The zero-order chi connectivity index (χ0) is 16.2. The molecule has 1 amide bonds. The van der Waals surface area contributed by atoms with Crippen molar-refractivity contribution in [1.82, 2.24) is 5.32 Å². The maximum atomic E-state index is 12.1. The first-order valence-corrected chi connectivity index (χ1v) is 8.93. The Morgan fingerprint density at radius 3 is 2.73 bits per heavy atom. The van der Waals surface area contributed by atoms with Crippen LogP contribution in [0.1, 0.15) is 43.5 Å². The average Bonchev–Trinajstić information content (AvgIpc) is 2.50. The van der Waals surface area contributed by atoms with Crippen molar-refractivity contribution in [2.24, 2.45) is 4.40 Å². The number of nitrogens with one attached hydrogen (secondary N) is 1. The monoisotopic (exact) mass is 323 g/mol. The van der Waals surface area contributed by atoms with Crippen LogP contribution in [0.25, 0.3) is 0 Å².